The highest BCUT2D eigenvalue weighted by molar-refractivity contribution is 7.13. The summed E-state index contributed by atoms with van der Waals surface area (Å²) in [5, 5.41) is 1.68. The van der Waals surface area contributed by atoms with E-state index in [-0.39, 0.29) is 25.5 Å². The van der Waals surface area contributed by atoms with Crippen LogP contribution in [0.5, 0.6) is 0 Å². The Morgan fingerprint density at radius 3 is 2.63 bits per heavy atom. The van der Waals surface area contributed by atoms with Crippen LogP contribution in [0, 0.1) is 0 Å². The molecule has 2 aliphatic rings. The van der Waals surface area contributed by atoms with Crippen molar-refractivity contribution in [1.29, 1.82) is 0 Å². The summed E-state index contributed by atoms with van der Waals surface area (Å²) in [6, 6.07) is 11.9. The van der Waals surface area contributed by atoms with Crippen molar-refractivity contribution in [2.45, 2.75) is 39.3 Å². The molecule has 3 aromatic rings. The Morgan fingerprint density at radius 2 is 1.88 bits per heavy atom. The van der Waals surface area contributed by atoms with Gasteiger partial charge in [0.15, 0.2) is 0 Å². The molecule has 0 bridgehead atoms. The quantitative estimate of drug-likeness (QED) is 0.308. The van der Waals surface area contributed by atoms with E-state index in [4.69, 9.17) is 30.2 Å². The van der Waals surface area contributed by atoms with E-state index >= 15 is 0 Å². The second-order valence-corrected chi connectivity index (χ2v) is 11.1. The molecule has 0 spiro atoms. The number of benzene rings is 2. The number of anilines is 2. The standard InChI is InChI=1S/C29H33ClN4O6S/c1-3-15-39-29(37)40-27(28(36)38-4-2)34-23-18-22(30)19(16-20(23)17-25(34)35)9-10-32-11-13-33(14-12-32)26-21-7-5-6-8-24(21)41-31-26/h5-8,16,18,27H,3-4,9-15,17H2,1-2H3. The molecule has 0 aliphatic carbocycles. The predicted octanol–water partition coefficient (Wildman–Crippen LogP) is 4.66. The number of fused-ring (bicyclic) bond motifs is 2. The van der Waals surface area contributed by atoms with Crippen molar-refractivity contribution in [2.75, 3.05) is 55.7 Å². The maximum absolute atomic E-state index is 13.0. The summed E-state index contributed by atoms with van der Waals surface area (Å²) in [7, 11) is 0. The van der Waals surface area contributed by atoms with E-state index in [1.165, 1.54) is 21.6 Å². The molecule has 10 nitrogen and oxygen atoms in total. The number of hydrogen-bond acceptors (Lipinski definition) is 10. The van der Waals surface area contributed by atoms with Gasteiger partial charge >= 0.3 is 12.1 Å². The molecule has 218 valence electrons. The second-order valence-electron chi connectivity index (χ2n) is 9.91. The van der Waals surface area contributed by atoms with E-state index in [1.54, 1.807) is 13.0 Å². The molecule has 1 saturated heterocycles. The molecule has 0 N–H and O–H groups in total. The van der Waals surface area contributed by atoms with Gasteiger partial charge in [-0.25, -0.2) is 9.59 Å². The van der Waals surface area contributed by atoms with Crippen LogP contribution in [0.1, 0.15) is 31.4 Å². The van der Waals surface area contributed by atoms with Crippen LogP contribution in [0.15, 0.2) is 36.4 Å². The Bertz CT molecular complexity index is 1420. The van der Waals surface area contributed by atoms with E-state index in [0.717, 1.165) is 54.6 Å². The molecule has 0 saturated carbocycles. The summed E-state index contributed by atoms with van der Waals surface area (Å²) in [6.45, 7) is 8.08. The molecule has 2 aromatic carbocycles. The largest absolute Gasteiger partial charge is 0.510 e. The third kappa shape index (κ3) is 6.42. The lowest BCUT2D eigenvalue weighted by Crippen LogP contribution is -2.47. The van der Waals surface area contributed by atoms with Gasteiger partial charge in [-0.15, -0.1) is 0 Å². The molecule has 5 rings (SSSR count). The lowest BCUT2D eigenvalue weighted by Gasteiger charge is -2.35. The van der Waals surface area contributed by atoms with Crippen molar-refractivity contribution in [3.05, 3.63) is 52.5 Å². The van der Waals surface area contributed by atoms with Crippen LogP contribution >= 0.6 is 23.1 Å². The van der Waals surface area contributed by atoms with Crippen LogP contribution in [0.4, 0.5) is 16.3 Å². The van der Waals surface area contributed by atoms with Crippen molar-refractivity contribution >= 4 is 62.8 Å². The maximum atomic E-state index is 13.0. The van der Waals surface area contributed by atoms with E-state index in [1.807, 2.05) is 19.1 Å². The number of esters is 1. The zero-order valence-corrected chi connectivity index (χ0v) is 24.7. The molecular weight excluding hydrogens is 568 g/mol. The lowest BCUT2D eigenvalue weighted by atomic mass is 10.1. The molecule has 1 atom stereocenters. The summed E-state index contributed by atoms with van der Waals surface area (Å²) in [5.41, 5.74) is 2.06. The van der Waals surface area contributed by atoms with Crippen molar-refractivity contribution in [1.82, 2.24) is 9.27 Å². The van der Waals surface area contributed by atoms with Gasteiger partial charge in [0.1, 0.15) is 5.82 Å². The summed E-state index contributed by atoms with van der Waals surface area (Å²) in [5.74, 6) is -0.183. The fourth-order valence-corrected chi connectivity index (χ4v) is 6.20. The number of hydrogen-bond donors (Lipinski definition) is 0. The van der Waals surface area contributed by atoms with Crippen LogP contribution in [0.3, 0.4) is 0 Å². The number of carbonyl (C=O) groups excluding carboxylic acids is 3. The zero-order chi connectivity index (χ0) is 28.9. The fraction of sp³-hybridized carbons (Fsp3) is 0.448. The minimum atomic E-state index is -1.60. The number of halogens is 1. The van der Waals surface area contributed by atoms with Gasteiger partial charge in [0.2, 0.25) is 5.91 Å². The molecule has 3 heterocycles. The Kier molecular flexibility index (Phi) is 9.26. The average Bonchev–Trinajstić information content (AvgIpc) is 3.54. The number of nitrogens with zero attached hydrogens (tertiary/aromatic N) is 4. The molecule has 41 heavy (non-hydrogen) atoms. The van der Waals surface area contributed by atoms with E-state index in [0.29, 0.717) is 23.6 Å². The van der Waals surface area contributed by atoms with Gasteiger partial charge in [0.25, 0.3) is 6.23 Å². The van der Waals surface area contributed by atoms with Crippen molar-refractivity contribution in [3.63, 3.8) is 0 Å². The van der Waals surface area contributed by atoms with Gasteiger partial charge in [-0.3, -0.25) is 14.6 Å². The number of ether oxygens (including phenoxy) is 3. The third-order valence-electron chi connectivity index (χ3n) is 7.20. The monoisotopic (exact) mass is 600 g/mol. The minimum Gasteiger partial charge on any atom is -0.462 e. The Balaban J connectivity index is 1.23. The number of rotatable bonds is 10. The first-order valence-electron chi connectivity index (χ1n) is 13.8. The lowest BCUT2D eigenvalue weighted by molar-refractivity contribution is -0.155. The summed E-state index contributed by atoms with van der Waals surface area (Å²) in [4.78, 5) is 43.8. The van der Waals surface area contributed by atoms with Gasteiger partial charge in [-0.05, 0) is 60.6 Å². The van der Waals surface area contributed by atoms with Crippen LogP contribution in [0.25, 0.3) is 10.1 Å². The first-order valence-corrected chi connectivity index (χ1v) is 15.0. The van der Waals surface area contributed by atoms with E-state index < -0.39 is 18.4 Å². The van der Waals surface area contributed by atoms with Crippen LogP contribution in [-0.2, 0) is 36.6 Å². The SMILES string of the molecule is CCCOC(=O)OC(C(=O)OCC)N1C(=O)Cc2cc(CCN3CCN(c4nsc5ccccc45)CC3)c(Cl)cc21. The first-order chi connectivity index (χ1) is 19.9. The molecule has 1 aromatic heterocycles. The van der Waals surface area contributed by atoms with Crippen molar-refractivity contribution in [2.24, 2.45) is 0 Å². The van der Waals surface area contributed by atoms with Crippen LogP contribution in [0.2, 0.25) is 5.02 Å². The van der Waals surface area contributed by atoms with Gasteiger partial charge in [-0.1, -0.05) is 36.7 Å². The number of aromatic nitrogens is 1. The van der Waals surface area contributed by atoms with E-state index in [2.05, 4.69) is 28.0 Å². The van der Waals surface area contributed by atoms with Gasteiger partial charge in [-0.2, -0.15) is 4.37 Å². The average molecular weight is 601 g/mol. The molecule has 1 amide bonds. The smallest absolute Gasteiger partial charge is 0.462 e. The highest BCUT2D eigenvalue weighted by atomic mass is 35.5. The fourth-order valence-electron chi connectivity index (χ4n) is 5.15. The second kappa shape index (κ2) is 13.1. The highest BCUT2D eigenvalue weighted by Gasteiger charge is 2.41. The van der Waals surface area contributed by atoms with Gasteiger partial charge < -0.3 is 19.1 Å². The van der Waals surface area contributed by atoms with Gasteiger partial charge in [0, 0.05) is 43.1 Å². The van der Waals surface area contributed by atoms with Crippen molar-refractivity contribution < 1.29 is 28.6 Å². The van der Waals surface area contributed by atoms with Crippen molar-refractivity contribution in [3.8, 4) is 0 Å². The topological polar surface area (TPSA) is 102 Å². The van der Waals surface area contributed by atoms with Crippen LogP contribution in [-0.4, -0.2) is 79.5 Å². The molecule has 2 aliphatic heterocycles. The minimum absolute atomic E-state index is 0.0586. The highest BCUT2D eigenvalue weighted by Crippen LogP contribution is 2.36. The van der Waals surface area contributed by atoms with Gasteiger partial charge in [0.05, 0.1) is 30.0 Å². The number of amides is 1. The molecular formula is C29H33ClN4O6S. The molecule has 0 radical (unpaired) electrons. The Morgan fingerprint density at radius 1 is 1.10 bits per heavy atom. The zero-order valence-electron chi connectivity index (χ0n) is 23.1. The van der Waals surface area contributed by atoms with Crippen LogP contribution < -0.4 is 9.80 Å². The molecule has 1 unspecified atom stereocenters. The Labute approximate surface area is 247 Å². The number of carbonyl (C=O) groups is 3. The summed E-state index contributed by atoms with van der Waals surface area (Å²) in [6.07, 6.45) is -1.29. The predicted molar refractivity (Wildman–Crippen MR) is 158 cm³/mol. The third-order valence-corrected chi connectivity index (χ3v) is 8.37. The Hall–Kier alpha value is -3.41. The normalized spacial score (nSPS) is 16.1. The number of piperazine rings is 1. The summed E-state index contributed by atoms with van der Waals surface area (Å²) < 4.78 is 21.2. The summed E-state index contributed by atoms with van der Waals surface area (Å²) >= 11 is 8.22. The molecule has 1 fully saturated rings. The molecule has 12 heteroatoms. The van der Waals surface area contributed by atoms with E-state index in [9.17, 15) is 14.4 Å². The first kappa shape index (κ1) is 29.1. The maximum Gasteiger partial charge on any atom is 0.510 e.